The minimum absolute atomic E-state index is 0.0851. The minimum Gasteiger partial charge on any atom is -0.223 e. The van der Waals surface area contributed by atoms with Crippen molar-refractivity contribution in [3.05, 3.63) is 29.3 Å². The molecular formula is C14H16O2S. The van der Waals surface area contributed by atoms with Gasteiger partial charge in [0.15, 0.2) is 9.84 Å². The summed E-state index contributed by atoms with van der Waals surface area (Å²) in [5, 5.41) is -0.0851. The van der Waals surface area contributed by atoms with Crippen molar-refractivity contribution in [1.82, 2.24) is 0 Å². The maximum atomic E-state index is 12.6. The van der Waals surface area contributed by atoms with Crippen molar-refractivity contribution >= 4 is 9.84 Å². The van der Waals surface area contributed by atoms with Crippen LogP contribution in [0.4, 0.5) is 0 Å². The van der Waals surface area contributed by atoms with E-state index in [1.54, 1.807) is 0 Å². The first-order valence-electron chi connectivity index (χ1n) is 6.43. The van der Waals surface area contributed by atoms with Gasteiger partial charge in [0.1, 0.15) is 0 Å². The monoisotopic (exact) mass is 248 g/mol. The van der Waals surface area contributed by atoms with Crippen LogP contribution in [0.25, 0.3) is 0 Å². The van der Waals surface area contributed by atoms with E-state index in [-0.39, 0.29) is 5.25 Å². The highest BCUT2D eigenvalue weighted by Gasteiger charge is 2.58. The molecule has 0 radical (unpaired) electrons. The van der Waals surface area contributed by atoms with Crippen molar-refractivity contribution in [2.45, 2.75) is 42.2 Å². The highest BCUT2D eigenvalue weighted by Crippen LogP contribution is 2.61. The first kappa shape index (κ1) is 10.1. The lowest BCUT2D eigenvalue weighted by molar-refractivity contribution is 0.424. The van der Waals surface area contributed by atoms with E-state index in [4.69, 9.17) is 0 Å². The maximum Gasteiger partial charge on any atom is 0.182 e. The van der Waals surface area contributed by atoms with Gasteiger partial charge in [-0.3, -0.25) is 0 Å². The number of rotatable bonds is 0. The van der Waals surface area contributed by atoms with E-state index in [9.17, 15) is 8.42 Å². The first-order chi connectivity index (χ1) is 8.09. The number of sulfone groups is 1. The summed E-state index contributed by atoms with van der Waals surface area (Å²) in [7, 11) is -3.03. The van der Waals surface area contributed by atoms with Crippen LogP contribution in [-0.4, -0.2) is 13.7 Å². The Morgan fingerprint density at radius 1 is 1.18 bits per heavy atom. The van der Waals surface area contributed by atoms with Crippen LogP contribution < -0.4 is 0 Å². The van der Waals surface area contributed by atoms with Crippen molar-refractivity contribution in [1.29, 1.82) is 0 Å². The van der Waals surface area contributed by atoms with Gasteiger partial charge >= 0.3 is 0 Å². The Kier molecular flexibility index (Phi) is 1.75. The third-order valence-corrected chi connectivity index (χ3v) is 7.41. The van der Waals surface area contributed by atoms with Gasteiger partial charge in [-0.2, -0.15) is 0 Å². The fourth-order valence-corrected chi connectivity index (χ4v) is 7.03. The van der Waals surface area contributed by atoms with Crippen LogP contribution >= 0.6 is 0 Å². The van der Waals surface area contributed by atoms with E-state index < -0.39 is 9.84 Å². The summed E-state index contributed by atoms with van der Waals surface area (Å²) in [5.41, 5.74) is 2.31. The Labute approximate surface area is 102 Å². The van der Waals surface area contributed by atoms with Crippen molar-refractivity contribution in [3.63, 3.8) is 0 Å². The Morgan fingerprint density at radius 3 is 2.76 bits per heavy atom. The van der Waals surface area contributed by atoms with Crippen molar-refractivity contribution in [3.8, 4) is 0 Å². The molecule has 1 aliphatic heterocycles. The second-order valence-electron chi connectivity index (χ2n) is 5.91. The zero-order valence-electron chi connectivity index (χ0n) is 9.89. The Balaban J connectivity index is 2.00. The molecule has 1 heterocycles. The van der Waals surface area contributed by atoms with E-state index in [1.807, 2.05) is 19.1 Å². The highest BCUT2D eigenvalue weighted by atomic mass is 32.2. The number of hydrogen-bond donors (Lipinski definition) is 0. The van der Waals surface area contributed by atoms with E-state index in [0.29, 0.717) is 22.6 Å². The topological polar surface area (TPSA) is 34.1 Å². The molecule has 1 aromatic carbocycles. The molecule has 2 unspecified atom stereocenters. The summed E-state index contributed by atoms with van der Waals surface area (Å²) >= 11 is 0. The summed E-state index contributed by atoms with van der Waals surface area (Å²) in [4.78, 5) is 0.634. The van der Waals surface area contributed by atoms with Crippen molar-refractivity contribution in [2.75, 3.05) is 0 Å². The van der Waals surface area contributed by atoms with Crippen molar-refractivity contribution < 1.29 is 8.42 Å². The summed E-state index contributed by atoms with van der Waals surface area (Å²) in [6.07, 6.45) is 3.49. The highest BCUT2D eigenvalue weighted by molar-refractivity contribution is 7.92. The Hall–Kier alpha value is -0.830. The van der Waals surface area contributed by atoms with Gasteiger partial charge in [-0.05, 0) is 49.7 Å². The lowest BCUT2D eigenvalue weighted by atomic mass is 9.83. The molecule has 2 nitrogen and oxygen atoms in total. The predicted molar refractivity (Wildman–Crippen MR) is 65.7 cm³/mol. The zero-order chi connectivity index (χ0) is 11.8. The van der Waals surface area contributed by atoms with Crippen LogP contribution in [0.3, 0.4) is 0 Å². The standard InChI is InChI=1S/C14H16O2S/c1-8-2-5-12-11(6-8)13-9-3-4-10(7-9)14(13)17(12,15)16/h2,5-6,9-10,13-14H,3-4,7H2,1H3/t9-,10+,13?,14?/m1/s1. The molecule has 0 saturated heterocycles. The predicted octanol–water partition coefficient (Wildman–Crippen LogP) is 2.66. The molecule has 2 aliphatic carbocycles. The number of aryl methyl sites for hydroxylation is 1. The van der Waals surface area contributed by atoms with Crippen LogP contribution in [0.15, 0.2) is 23.1 Å². The fraction of sp³-hybridized carbons (Fsp3) is 0.571. The molecular weight excluding hydrogens is 232 g/mol. The third kappa shape index (κ3) is 1.09. The van der Waals surface area contributed by atoms with Gasteiger partial charge in [0.05, 0.1) is 10.1 Å². The third-order valence-electron chi connectivity index (χ3n) is 5.03. The van der Waals surface area contributed by atoms with Gasteiger partial charge in [-0.25, -0.2) is 8.42 Å². The largest absolute Gasteiger partial charge is 0.223 e. The quantitative estimate of drug-likeness (QED) is 0.707. The van der Waals surface area contributed by atoms with Gasteiger partial charge < -0.3 is 0 Å². The van der Waals surface area contributed by atoms with E-state index >= 15 is 0 Å². The summed E-state index contributed by atoms with van der Waals surface area (Å²) < 4.78 is 25.1. The van der Waals surface area contributed by atoms with Gasteiger partial charge in [0, 0.05) is 5.92 Å². The molecule has 2 saturated carbocycles. The van der Waals surface area contributed by atoms with Gasteiger partial charge in [0.25, 0.3) is 0 Å². The average molecular weight is 248 g/mol. The fourth-order valence-electron chi connectivity index (χ4n) is 4.45. The maximum absolute atomic E-state index is 12.6. The molecule has 4 rings (SSSR count). The molecule has 1 aromatic rings. The van der Waals surface area contributed by atoms with E-state index in [0.717, 1.165) is 18.4 Å². The summed E-state index contributed by atoms with van der Waals surface area (Å²) in [5.74, 6) is 1.37. The van der Waals surface area contributed by atoms with Crippen LogP contribution in [0.1, 0.15) is 36.3 Å². The molecule has 0 N–H and O–H groups in total. The molecule has 90 valence electrons. The average Bonchev–Trinajstić information content (AvgIpc) is 2.91. The number of benzene rings is 1. The first-order valence-corrected chi connectivity index (χ1v) is 7.98. The molecule has 2 fully saturated rings. The molecule has 0 aromatic heterocycles. The van der Waals surface area contributed by atoms with Gasteiger partial charge in [-0.15, -0.1) is 0 Å². The van der Waals surface area contributed by atoms with Crippen LogP contribution in [0.5, 0.6) is 0 Å². The SMILES string of the molecule is Cc1ccc2c(c1)C1C([C@H]3CC[C@@H]1C3)S2(=O)=O. The molecule has 17 heavy (non-hydrogen) atoms. The van der Waals surface area contributed by atoms with Crippen LogP contribution in [0.2, 0.25) is 0 Å². The van der Waals surface area contributed by atoms with Crippen LogP contribution in [0, 0.1) is 18.8 Å². The van der Waals surface area contributed by atoms with E-state index in [2.05, 4.69) is 6.07 Å². The molecule has 4 atom stereocenters. The van der Waals surface area contributed by atoms with Crippen LogP contribution in [-0.2, 0) is 9.84 Å². The lowest BCUT2D eigenvalue weighted by Gasteiger charge is -2.23. The van der Waals surface area contributed by atoms with Gasteiger partial charge in [-0.1, -0.05) is 17.7 Å². The normalized spacial score (nSPS) is 40.3. The molecule has 2 bridgehead atoms. The second-order valence-corrected chi connectivity index (χ2v) is 7.98. The minimum atomic E-state index is -3.03. The summed E-state index contributed by atoms with van der Waals surface area (Å²) in [6.45, 7) is 2.05. The summed E-state index contributed by atoms with van der Waals surface area (Å²) in [6, 6.07) is 5.87. The lowest BCUT2D eigenvalue weighted by Crippen LogP contribution is -2.27. The van der Waals surface area contributed by atoms with E-state index in [1.165, 1.54) is 12.0 Å². The zero-order valence-corrected chi connectivity index (χ0v) is 10.7. The Morgan fingerprint density at radius 2 is 1.94 bits per heavy atom. The smallest absolute Gasteiger partial charge is 0.182 e. The van der Waals surface area contributed by atoms with Gasteiger partial charge in [0.2, 0.25) is 0 Å². The molecule has 3 aliphatic rings. The molecule has 0 amide bonds. The molecule has 0 spiro atoms. The Bertz CT molecular complexity index is 603. The molecule has 3 heteroatoms. The second kappa shape index (κ2) is 2.94. The van der Waals surface area contributed by atoms with Crippen molar-refractivity contribution in [2.24, 2.45) is 11.8 Å². The number of hydrogen-bond acceptors (Lipinski definition) is 2. The number of fused-ring (bicyclic) bond motifs is 7.